The second kappa shape index (κ2) is 9.04. The second-order valence-corrected chi connectivity index (χ2v) is 7.85. The zero-order chi connectivity index (χ0) is 19.2. The quantitative estimate of drug-likeness (QED) is 0.575. The molecule has 2 aromatic rings. The highest BCUT2D eigenvalue weighted by Crippen LogP contribution is 2.24. The molecular weight excluding hydrogens is 360 g/mol. The van der Waals surface area contributed by atoms with Crippen molar-refractivity contribution >= 4 is 23.6 Å². The van der Waals surface area contributed by atoms with E-state index in [1.807, 2.05) is 29.2 Å². The van der Waals surface area contributed by atoms with Crippen molar-refractivity contribution in [3.8, 4) is 0 Å². The number of benzene rings is 1. The molecule has 1 aliphatic rings. The number of pyridine rings is 1. The lowest BCUT2D eigenvalue weighted by Gasteiger charge is -2.30. The smallest absolute Gasteiger partial charge is 0.337 e. The molecule has 1 aromatic carbocycles. The van der Waals surface area contributed by atoms with E-state index in [0.717, 1.165) is 36.5 Å². The number of esters is 1. The number of carbonyl (C=O) groups is 2. The topological polar surface area (TPSA) is 59.5 Å². The predicted octanol–water partition coefficient (Wildman–Crippen LogP) is 4.03. The Balaban J connectivity index is 1.64. The molecule has 5 nitrogen and oxygen atoms in total. The summed E-state index contributed by atoms with van der Waals surface area (Å²) in [5, 5.41) is 0. The number of likely N-dealkylation sites (tertiary alicyclic amines) is 1. The van der Waals surface area contributed by atoms with Crippen LogP contribution in [0.3, 0.4) is 0 Å². The van der Waals surface area contributed by atoms with Crippen LogP contribution in [0.1, 0.15) is 46.3 Å². The minimum atomic E-state index is -0.348. The fourth-order valence-corrected chi connectivity index (χ4v) is 3.90. The zero-order valence-electron chi connectivity index (χ0n) is 15.7. The van der Waals surface area contributed by atoms with Crippen LogP contribution in [0.2, 0.25) is 0 Å². The first-order valence-electron chi connectivity index (χ1n) is 9.13. The SMILES string of the molecule is COC(=O)c1cccc(SCc2cccc(C(=O)N3CCC(C)CC3)n2)c1. The van der Waals surface area contributed by atoms with Crippen LogP contribution in [0, 0.1) is 5.92 Å². The largest absolute Gasteiger partial charge is 0.465 e. The first-order chi connectivity index (χ1) is 13.1. The molecule has 0 saturated carbocycles. The molecule has 6 heteroatoms. The van der Waals surface area contributed by atoms with Crippen molar-refractivity contribution in [2.75, 3.05) is 20.2 Å². The minimum absolute atomic E-state index is 0.0152. The molecule has 1 fully saturated rings. The number of rotatable bonds is 5. The van der Waals surface area contributed by atoms with Crippen LogP contribution >= 0.6 is 11.8 Å². The van der Waals surface area contributed by atoms with Crippen LogP contribution in [0.25, 0.3) is 0 Å². The predicted molar refractivity (Wildman–Crippen MR) is 106 cm³/mol. The average molecular weight is 385 g/mol. The summed E-state index contributed by atoms with van der Waals surface area (Å²) in [6.45, 7) is 3.84. The fourth-order valence-electron chi connectivity index (χ4n) is 3.04. The Bertz CT molecular complexity index is 817. The summed E-state index contributed by atoms with van der Waals surface area (Å²) in [5.41, 5.74) is 1.88. The van der Waals surface area contributed by atoms with Gasteiger partial charge in [-0.2, -0.15) is 0 Å². The maximum absolute atomic E-state index is 12.7. The Labute approximate surface area is 164 Å². The molecule has 0 N–H and O–H groups in total. The molecule has 2 heterocycles. The van der Waals surface area contributed by atoms with Crippen LogP contribution < -0.4 is 0 Å². The number of hydrogen-bond acceptors (Lipinski definition) is 5. The number of aromatic nitrogens is 1. The van der Waals surface area contributed by atoms with Gasteiger partial charge in [-0.25, -0.2) is 9.78 Å². The van der Waals surface area contributed by atoms with Gasteiger partial charge in [0.25, 0.3) is 5.91 Å². The highest BCUT2D eigenvalue weighted by Gasteiger charge is 2.22. The van der Waals surface area contributed by atoms with Gasteiger partial charge in [0.1, 0.15) is 5.69 Å². The molecule has 0 spiro atoms. The van der Waals surface area contributed by atoms with Crippen LogP contribution in [-0.2, 0) is 10.5 Å². The summed E-state index contributed by atoms with van der Waals surface area (Å²) in [6.07, 6.45) is 2.11. The van der Waals surface area contributed by atoms with Gasteiger partial charge in [-0.1, -0.05) is 19.1 Å². The molecule has 1 aliphatic heterocycles. The lowest BCUT2D eigenvalue weighted by atomic mass is 9.99. The molecule has 1 saturated heterocycles. The number of methoxy groups -OCH3 is 1. The third kappa shape index (κ3) is 5.10. The first kappa shape index (κ1) is 19.4. The number of carbonyl (C=O) groups excluding carboxylic acids is 2. The minimum Gasteiger partial charge on any atom is -0.465 e. The van der Waals surface area contributed by atoms with Crippen molar-refractivity contribution in [1.82, 2.24) is 9.88 Å². The summed E-state index contributed by atoms with van der Waals surface area (Å²) in [7, 11) is 1.37. The molecule has 1 aromatic heterocycles. The Hall–Kier alpha value is -2.34. The van der Waals surface area contributed by atoms with Gasteiger partial charge in [0.15, 0.2) is 0 Å². The molecule has 0 radical (unpaired) electrons. The van der Waals surface area contributed by atoms with Crippen molar-refractivity contribution in [2.24, 2.45) is 5.92 Å². The molecule has 0 bridgehead atoms. The molecule has 0 unspecified atom stereocenters. The van der Waals surface area contributed by atoms with Crippen LogP contribution in [0.5, 0.6) is 0 Å². The van der Waals surface area contributed by atoms with Gasteiger partial charge < -0.3 is 9.64 Å². The third-order valence-electron chi connectivity index (χ3n) is 4.74. The zero-order valence-corrected chi connectivity index (χ0v) is 16.5. The van der Waals surface area contributed by atoms with Gasteiger partial charge in [-0.3, -0.25) is 4.79 Å². The van der Waals surface area contributed by atoms with E-state index in [4.69, 9.17) is 4.74 Å². The maximum atomic E-state index is 12.7. The summed E-state index contributed by atoms with van der Waals surface area (Å²) < 4.78 is 4.76. The van der Waals surface area contributed by atoms with Crippen molar-refractivity contribution in [3.05, 3.63) is 59.4 Å². The van der Waals surface area contributed by atoms with E-state index in [-0.39, 0.29) is 11.9 Å². The number of nitrogens with zero attached hydrogens (tertiary/aromatic N) is 2. The molecular formula is C21H24N2O3S. The van der Waals surface area contributed by atoms with Crippen molar-refractivity contribution in [3.63, 3.8) is 0 Å². The highest BCUT2D eigenvalue weighted by molar-refractivity contribution is 7.98. The summed E-state index contributed by atoms with van der Waals surface area (Å²) in [4.78, 5) is 31.7. The Kier molecular flexibility index (Phi) is 6.50. The highest BCUT2D eigenvalue weighted by atomic mass is 32.2. The third-order valence-corrected chi connectivity index (χ3v) is 5.77. The van der Waals surface area contributed by atoms with E-state index in [9.17, 15) is 9.59 Å². The Morgan fingerprint density at radius 2 is 1.93 bits per heavy atom. The molecule has 27 heavy (non-hydrogen) atoms. The Morgan fingerprint density at radius 3 is 2.67 bits per heavy atom. The number of thioether (sulfide) groups is 1. The van der Waals surface area contributed by atoms with E-state index in [0.29, 0.717) is 22.9 Å². The number of ether oxygens (including phenoxy) is 1. The van der Waals surface area contributed by atoms with Crippen molar-refractivity contribution < 1.29 is 14.3 Å². The van der Waals surface area contributed by atoms with Crippen molar-refractivity contribution in [1.29, 1.82) is 0 Å². The summed E-state index contributed by atoms with van der Waals surface area (Å²) in [6, 6.07) is 12.9. The fraction of sp³-hybridized carbons (Fsp3) is 0.381. The van der Waals surface area contributed by atoms with Gasteiger partial charge in [-0.15, -0.1) is 11.8 Å². The van der Waals surface area contributed by atoms with Crippen LogP contribution in [0.15, 0.2) is 47.4 Å². The lowest BCUT2D eigenvalue weighted by Crippen LogP contribution is -2.38. The Morgan fingerprint density at radius 1 is 1.19 bits per heavy atom. The van der Waals surface area contributed by atoms with Gasteiger partial charge >= 0.3 is 5.97 Å². The number of amides is 1. The normalized spacial score (nSPS) is 14.8. The molecule has 142 valence electrons. The standard InChI is InChI=1S/C21H24N2O3S/c1-15-9-11-23(12-10-15)20(24)19-8-4-6-17(22-19)14-27-18-7-3-5-16(13-18)21(25)26-2/h3-8,13,15H,9-12,14H2,1-2H3. The monoisotopic (exact) mass is 384 g/mol. The summed E-state index contributed by atoms with van der Waals surface area (Å²) in [5.74, 6) is 0.980. The van der Waals surface area contributed by atoms with Gasteiger partial charge in [0.2, 0.25) is 0 Å². The number of hydrogen-bond donors (Lipinski definition) is 0. The maximum Gasteiger partial charge on any atom is 0.337 e. The summed E-state index contributed by atoms with van der Waals surface area (Å²) >= 11 is 1.58. The van der Waals surface area contributed by atoms with Crippen LogP contribution in [0.4, 0.5) is 0 Å². The lowest BCUT2D eigenvalue weighted by molar-refractivity contribution is 0.0599. The van der Waals surface area contributed by atoms with Gasteiger partial charge in [0.05, 0.1) is 18.4 Å². The first-order valence-corrected chi connectivity index (χ1v) is 10.1. The second-order valence-electron chi connectivity index (χ2n) is 6.80. The average Bonchev–Trinajstić information content (AvgIpc) is 2.72. The van der Waals surface area contributed by atoms with E-state index >= 15 is 0 Å². The van der Waals surface area contributed by atoms with E-state index < -0.39 is 0 Å². The molecule has 0 atom stereocenters. The van der Waals surface area contributed by atoms with Gasteiger partial charge in [0, 0.05) is 23.7 Å². The van der Waals surface area contributed by atoms with Gasteiger partial charge in [-0.05, 0) is 49.1 Å². The van der Waals surface area contributed by atoms with E-state index in [1.54, 1.807) is 30.0 Å². The van der Waals surface area contributed by atoms with Crippen LogP contribution in [-0.4, -0.2) is 42.0 Å². The van der Waals surface area contributed by atoms with E-state index in [1.165, 1.54) is 7.11 Å². The van der Waals surface area contributed by atoms with E-state index in [2.05, 4.69) is 11.9 Å². The molecule has 0 aliphatic carbocycles. The number of piperidine rings is 1. The van der Waals surface area contributed by atoms with Crippen molar-refractivity contribution in [2.45, 2.75) is 30.4 Å². The molecule has 3 rings (SSSR count). The molecule has 1 amide bonds.